The Bertz CT molecular complexity index is 969. The number of likely N-dealkylation sites (N-methyl/N-ethyl adjacent to an activating group) is 1. The summed E-state index contributed by atoms with van der Waals surface area (Å²) in [5.74, 6) is 0.497. The Hall–Kier alpha value is -3.48. The molecule has 3 rings (SSSR count). The summed E-state index contributed by atoms with van der Waals surface area (Å²) in [4.78, 5) is 30.4. The second kappa shape index (κ2) is 9.64. The molecular formula is C22H24N4O3. The van der Waals surface area contributed by atoms with Gasteiger partial charge in [0.05, 0.1) is 6.54 Å². The van der Waals surface area contributed by atoms with Crippen molar-refractivity contribution in [1.82, 2.24) is 15.0 Å². The van der Waals surface area contributed by atoms with E-state index in [-0.39, 0.29) is 24.8 Å². The number of aryl methyl sites for hydroxylation is 2. The van der Waals surface area contributed by atoms with Crippen LogP contribution in [-0.4, -0.2) is 40.4 Å². The van der Waals surface area contributed by atoms with Gasteiger partial charge in [0.2, 0.25) is 23.5 Å². The number of hydrogen-bond acceptors (Lipinski definition) is 5. The fraction of sp³-hybridized carbons (Fsp3) is 0.273. The molecule has 0 saturated heterocycles. The quantitative estimate of drug-likeness (QED) is 0.635. The number of benzene rings is 2. The van der Waals surface area contributed by atoms with Crippen LogP contribution in [-0.2, 0) is 22.4 Å². The van der Waals surface area contributed by atoms with E-state index in [1.54, 1.807) is 7.05 Å². The van der Waals surface area contributed by atoms with Crippen LogP contribution in [0.15, 0.2) is 59.1 Å². The molecule has 1 aromatic heterocycles. The van der Waals surface area contributed by atoms with Crippen LogP contribution >= 0.6 is 0 Å². The summed E-state index contributed by atoms with van der Waals surface area (Å²) >= 11 is 0. The van der Waals surface area contributed by atoms with Gasteiger partial charge < -0.3 is 14.7 Å². The summed E-state index contributed by atoms with van der Waals surface area (Å²) in [7, 11) is 1.61. The van der Waals surface area contributed by atoms with Gasteiger partial charge in [0.15, 0.2) is 0 Å². The van der Waals surface area contributed by atoms with E-state index in [2.05, 4.69) is 15.5 Å². The van der Waals surface area contributed by atoms with Crippen LogP contribution in [0.2, 0.25) is 0 Å². The lowest BCUT2D eigenvalue weighted by atomic mass is 10.1. The van der Waals surface area contributed by atoms with Crippen molar-refractivity contribution in [2.24, 2.45) is 0 Å². The molecule has 2 amide bonds. The molecule has 1 N–H and O–H groups in total. The number of anilines is 1. The topological polar surface area (TPSA) is 88.3 Å². The molecule has 0 fully saturated rings. The Morgan fingerprint density at radius 1 is 1.07 bits per heavy atom. The van der Waals surface area contributed by atoms with Gasteiger partial charge in [-0.3, -0.25) is 9.59 Å². The number of nitrogens with one attached hydrogen (secondary N) is 1. The summed E-state index contributed by atoms with van der Waals surface area (Å²) in [6, 6.07) is 17.1. The Morgan fingerprint density at radius 2 is 1.79 bits per heavy atom. The van der Waals surface area contributed by atoms with Crippen molar-refractivity contribution in [3.8, 4) is 11.4 Å². The number of nitrogens with zero attached hydrogens (tertiary/aromatic N) is 3. The molecule has 0 bridgehead atoms. The first-order valence-electron chi connectivity index (χ1n) is 9.56. The lowest BCUT2D eigenvalue weighted by Crippen LogP contribution is -2.35. The molecule has 0 atom stereocenters. The number of rotatable bonds is 8. The smallest absolute Gasteiger partial charge is 0.243 e. The van der Waals surface area contributed by atoms with Crippen LogP contribution in [0.1, 0.15) is 24.8 Å². The first-order valence-corrected chi connectivity index (χ1v) is 9.56. The van der Waals surface area contributed by atoms with Crippen molar-refractivity contribution in [2.75, 3.05) is 18.9 Å². The predicted octanol–water partition coefficient (Wildman–Crippen LogP) is 3.33. The number of aromatic nitrogens is 2. The fourth-order valence-corrected chi connectivity index (χ4v) is 2.91. The average Bonchev–Trinajstić information content (AvgIpc) is 3.22. The highest BCUT2D eigenvalue weighted by Gasteiger charge is 2.16. The van der Waals surface area contributed by atoms with Crippen LogP contribution in [0.5, 0.6) is 0 Å². The zero-order valence-corrected chi connectivity index (χ0v) is 16.6. The van der Waals surface area contributed by atoms with Crippen LogP contribution in [0.4, 0.5) is 5.69 Å². The van der Waals surface area contributed by atoms with Crippen molar-refractivity contribution < 1.29 is 14.1 Å². The highest BCUT2D eigenvalue weighted by molar-refractivity contribution is 5.95. The van der Waals surface area contributed by atoms with Gasteiger partial charge in [0, 0.05) is 31.1 Å². The third-order valence-corrected chi connectivity index (χ3v) is 4.53. The molecule has 7 heteroatoms. The SMILES string of the molecule is CCc1ccccc1NC(=O)CN(C)C(=O)CCc1nc(-c2ccccc2)no1. The highest BCUT2D eigenvalue weighted by Crippen LogP contribution is 2.16. The van der Waals surface area contributed by atoms with E-state index in [0.29, 0.717) is 18.1 Å². The van der Waals surface area contributed by atoms with Gasteiger partial charge in [-0.2, -0.15) is 4.98 Å². The molecule has 2 aromatic carbocycles. The highest BCUT2D eigenvalue weighted by atomic mass is 16.5. The molecule has 0 saturated carbocycles. The Morgan fingerprint density at radius 3 is 2.55 bits per heavy atom. The average molecular weight is 392 g/mol. The minimum absolute atomic E-state index is 0.0179. The zero-order chi connectivity index (χ0) is 20.6. The van der Waals surface area contributed by atoms with Crippen molar-refractivity contribution in [2.45, 2.75) is 26.2 Å². The Labute approximate surface area is 169 Å². The van der Waals surface area contributed by atoms with Gasteiger partial charge in [-0.25, -0.2) is 0 Å². The van der Waals surface area contributed by atoms with E-state index >= 15 is 0 Å². The third-order valence-electron chi connectivity index (χ3n) is 4.53. The normalized spacial score (nSPS) is 10.6. The molecule has 0 aliphatic heterocycles. The largest absolute Gasteiger partial charge is 0.339 e. The molecule has 150 valence electrons. The molecule has 3 aromatic rings. The standard InChI is InChI=1S/C22H24N4O3/c1-3-16-9-7-8-12-18(16)23-19(27)15-26(2)21(28)14-13-20-24-22(25-29-20)17-10-5-4-6-11-17/h4-12H,3,13-15H2,1-2H3,(H,23,27). The van der Waals surface area contributed by atoms with Gasteiger partial charge >= 0.3 is 0 Å². The molecule has 0 radical (unpaired) electrons. The maximum absolute atomic E-state index is 12.4. The van der Waals surface area contributed by atoms with Gasteiger partial charge in [0.25, 0.3) is 0 Å². The molecule has 7 nitrogen and oxygen atoms in total. The van der Waals surface area contributed by atoms with Crippen LogP contribution < -0.4 is 5.32 Å². The number of carbonyl (C=O) groups is 2. The third kappa shape index (κ3) is 5.51. The maximum Gasteiger partial charge on any atom is 0.243 e. The van der Waals surface area contributed by atoms with Crippen LogP contribution in [0.3, 0.4) is 0 Å². The minimum atomic E-state index is -0.231. The van der Waals surface area contributed by atoms with E-state index in [1.165, 1.54) is 4.90 Å². The van der Waals surface area contributed by atoms with E-state index < -0.39 is 0 Å². The minimum Gasteiger partial charge on any atom is -0.339 e. The fourth-order valence-electron chi connectivity index (χ4n) is 2.91. The van der Waals surface area contributed by atoms with Gasteiger partial charge in [-0.05, 0) is 18.1 Å². The molecule has 0 aliphatic rings. The van der Waals surface area contributed by atoms with Crippen LogP contribution in [0, 0.1) is 0 Å². The number of para-hydroxylation sites is 1. The van der Waals surface area contributed by atoms with E-state index in [0.717, 1.165) is 23.2 Å². The number of carbonyl (C=O) groups excluding carboxylic acids is 2. The number of hydrogen-bond donors (Lipinski definition) is 1. The molecular weight excluding hydrogens is 368 g/mol. The molecule has 29 heavy (non-hydrogen) atoms. The second-order valence-electron chi connectivity index (χ2n) is 6.69. The van der Waals surface area contributed by atoms with Crippen molar-refractivity contribution >= 4 is 17.5 Å². The van der Waals surface area contributed by atoms with E-state index in [4.69, 9.17) is 4.52 Å². The number of amides is 2. The van der Waals surface area contributed by atoms with Crippen molar-refractivity contribution in [1.29, 1.82) is 0 Å². The first-order chi connectivity index (χ1) is 14.1. The maximum atomic E-state index is 12.4. The van der Waals surface area contributed by atoms with Gasteiger partial charge in [-0.1, -0.05) is 60.6 Å². The Balaban J connectivity index is 1.49. The van der Waals surface area contributed by atoms with Gasteiger partial charge in [0.1, 0.15) is 0 Å². The predicted molar refractivity (Wildman–Crippen MR) is 110 cm³/mol. The lowest BCUT2D eigenvalue weighted by molar-refractivity contribution is -0.133. The lowest BCUT2D eigenvalue weighted by Gasteiger charge is -2.17. The van der Waals surface area contributed by atoms with Crippen LogP contribution in [0.25, 0.3) is 11.4 Å². The van der Waals surface area contributed by atoms with Gasteiger partial charge in [-0.15, -0.1) is 0 Å². The summed E-state index contributed by atoms with van der Waals surface area (Å²) in [6.45, 7) is 2.01. The summed E-state index contributed by atoms with van der Waals surface area (Å²) in [5.41, 5.74) is 2.69. The molecule has 0 aliphatic carbocycles. The molecule has 1 heterocycles. The molecule has 0 unspecified atom stereocenters. The van der Waals surface area contributed by atoms with Crippen molar-refractivity contribution in [3.63, 3.8) is 0 Å². The summed E-state index contributed by atoms with van der Waals surface area (Å²) in [5, 5.41) is 6.81. The second-order valence-corrected chi connectivity index (χ2v) is 6.69. The van der Waals surface area contributed by atoms with E-state index in [9.17, 15) is 9.59 Å². The Kier molecular flexibility index (Phi) is 6.73. The summed E-state index contributed by atoms with van der Waals surface area (Å²) < 4.78 is 5.22. The monoisotopic (exact) mass is 392 g/mol. The molecule has 0 spiro atoms. The van der Waals surface area contributed by atoms with E-state index in [1.807, 2.05) is 61.5 Å². The summed E-state index contributed by atoms with van der Waals surface area (Å²) in [6.07, 6.45) is 1.33. The van der Waals surface area contributed by atoms with Crippen molar-refractivity contribution in [3.05, 3.63) is 66.1 Å². The zero-order valence-electron chi connectivity index (χ0n) is 16.6. The first kappa shape index (κ1) is 20.3.